The largest absolute Gasteiger partial charge is 0.376 e. The molecule has 4 aromatic rings. The molecule has 3 heterocycles. The van der Waals surface area contributed by atoms with Crippen LogP contribution in [0.4, 0.5) is 10.1 Å². The fourth-order valence-electron chi connectivity index (χ4n) is 3.92. The topological polar surface area (TPSA) is 75.6 Å². The zero-order chi connectivity index (χ0) is 18.5. The van der Waals surface area contributed by atoms with Gasteiger partial charge in [-0.1, -0.05) is 30.3 Å². The van der Waals surface area contributed by atoms with E-state index in [2.05, 4.69) is 20.5 Å². The Hall–Kier alpha value is -3.48. The molecule has 0 amide bonds. The Morgan fingerprint density at radius 3 is 2.74 bits per heavy atom. The standard InChI is InChI=1S/C20H16FN5O/c1-26-8-7-22-19(26)16-17(11-5-3-2-4-6-11)23-14-10-12(21)9-13-15(14)18(16)24-25-20(13)27/h2-10,16-17,23H,1H3,(H,25,27)/t16-,17-/m1/s1. The maximum Gasteiger partial charge on any atom is 0.272 e. The van der Waals surface area contributed by atoms with Gasteiger partial charge in [0.25, 0.3) is 5.56 Å². The number of nitrogens with one attached hydrogen (secondary N) is 2. The minimum absolute atomic E-state index is 0.205. The zero-order valence-corrected chi connectivity index (χ0v) is 14.5. The third kappa shape index (κ3) is 2.35. The van der Waals surface area contributed by atoms with Crippen LogP contribution in [0.25, 0.3) is 10.8 Å². The highest BCUT2D eigenvalue weighted by Gasteiger charge is 2.37. The molecule has 1 aliphatic heterocycles. The van der Waals surface area contributed by atoms with E-state index >= 15 is 0 Å². The van der Waals surface area contributed by atoms with Crippen LogP contribution in [0, 0.1) is 5.82 Å². The first-order chi connectivity index (χ1) is 13.1. The van der Waals surface area contributed by atoms with Gasteiger partial charge in [-0.05, 0) is 17.7 Å². The third-order valence-electron chi connectivity index (χ3n) is 5.12. The quantitative estimate of drug-likeness (QED) is 0.575. The number of H-pyrrole nitrogens is 1. The number of aryl methyl sites for hydroxylation is 1. The summed E-state index contributed by atoms with van der Waals surface area (Å²) in [7, 11) is 1.92. The summed E-state index contributed by atoms with van der Waals surface area (Å²) in [5.74, 6) is 0.104. The minimum atomic E-state index is -0.463. The van der Waals surface area contributed by atoms with E-state index in [9.17, 15) is 9.18 Å². The van der Waals surface area contributed by atoms with Crippen LogP contribution in [0.1, 0.15) is 29.0 Å². The second kappa shape index (κ2) is 5.77. The van der Waals surface area contributed by atoms with Gasteiger partial charge in [0.05, 0.1) is 23.0 Å². The lowest BCUT2D eigenvalue weighted by Crippen LogP contribution is -2.29. The van der Waals surface area contributed by atoms with Crippen molar-refractivity contribution >= 4 is 16.5 Å². The van der Waals surface area contributed by atoms with Gasteiger partial charge < -0.3 is 9.88 Å². The van der Waals surface area contributed by atoms with Crippen LogP contribution in [-0.4, -0.2) is 19.7 Å². The van der Waals surface area contributed by atoms with Gasteiger partial charge in [-0.2, -0.15) is 5.10 Å². The van der Waals surface area contributed by atoms with Crippen molar-refractivity contribution in [2.24, 2.45) is 7.05 Å². The summed E-state index contributed by atoms with van der Waals surface area (Å²) >= 11 is 0. The van der Waals surface area contributed by atoms with Crippen molar-refractivity contribution in [1.82, 2.24) is 19.7 Å². The summed E-state index contributed by atoms with van der Waals surface area (Å²) < 4.78 is 16.1. The Morgan fingerprint density at radius 2 is 2.00 bits per heavy atom. The Balaban J connectivity index is 1.85. The Kier molecular flexibility index (Phi) is 3.36. The molecule has 0 fully saturated rings. The van der Waals surface area contributed by atoms with E-state index < -0.39 is 11.4 Å². The number of imidazole rings is 1. The van der Waals surface area contributed by atoms with Crippen molar-refractivity contribution in [2.75, 3.05) is 5.32 Å². The van der Waals surface area contributed by atoms with Crippen LogP contribution in [0.2, 0.25) is 0 Å². The van der Waals surface area contributed by atoms with Crippen LogP contribution >= 0.6 is 0 Å². The third-order valence-corrected chi connectivity index (χ3v) is 5.12. The number of hydrogen-bond donors (Lipinski definition) is 2. The number of hydrogen-bond acceptors (Lipinski definition) is 4. The van der Waals surface area contributed by atoms with Crippen molar-refractivity contribution in [2.45, 2.75) is 12.0 Å². The van der Waals surface area contributed by atoms with Crippen molar-refractivity contribution < 1.29 is 4.39 Å². The number of anilines is 1. The number of aromatic amines is 1. The highest BCUT2D eigenvalue weighted by molar-refractivity contribution is 5.97. The number of halogens is 1. The molecule has 2 aromatic carbocycles. The van der Waals surface area contributed by atoms with Gasteiger partial charge >= 0.3 is 0 Å². The molecule has 0 unspecified atom stereocenters. The van der Waals surface area contributed by atoms with E-state index in [1.807, 2.05) is 48.1 Å². The zero-order valence-electron chi connectivity index (χ0n) is 14.5. The molecule has 0 aliphatic carbocycles. The van der Waals surface area contributed by atoms with Crippen molar-refractivity contribution in [3.8, 4) is 0 Å². The average molecular weight is 361 g/mol. The highest BCUT2D eigenvalue weighted by Crippen LogP contribution is 2.45. The van der Waals surface area contributed by atoms with Gasteiger partial charge in [-0.15, -0.1) is 0 Å². The van der Waals surface area contributed by atoms with Crippen molar-refractivity contribution in [3.05, 3.63) is 88.1 Å². The molecule has 0 radical (unpaired) electrons. The predicted molar refractivity (Wildman–Crippen MR) is 100 cm³/mol. The molecule has 7 heteroatoms. The Labute approximate surface area is 153 Å². The number of rotatable bonds is 2. The van der Waals surface area contributed by atoms with Crippen LogP contribution < -0.4 is 10.9 Å². The Morgan fingerprint density at radius 1 is 1.19 bits per heavy atom. The molecular formula is C20H16FN5O. The highest BCUT2D eigenvalue weighted by atomic mass is 19.1. The first-order valence-corrected chi connectivity index (χ1v) is 8.64. The molecule has 6 nitrogen and oxygen atoms in total. The second-order valence-electron chi connectivity index (χ2n) is 6.72. The lowest BCUT2D eigenvalue weighted by Gasteiger charge is -2.34. The lowest BCUT2D eigenvalue weighted by molar-refractivity contribution is 0.581. The summed E-state index contributed by atoms with van der Waals surface area (Å²) in [5.41, 5.74) is 1.87. The van der Waals surface area contributed by atoms with Crippen LogP contribution in [-0.2, 0) is 7.05 Å². The molecule has 2 atom stereocenters. The lowest BCUT2D eigenvalue weighted by atomic mass is 9.83. The van der Waals surface area contributed by atoms with Crippen LogP contribution in [0.3, 0.4) is 0 Å². The maximum absolute atomic E-state index is 14.2. The molecular weight excluding hydrogens is 345 g/mol. The molecule has 0 bridgehead atoms. The van der Waals surface area contributed by atoms with E-state index in [0.717, 1.165) is 11.4 Å². The minimum Gasteiger partial charge on any atom is -0.376 e. The fourth-order valence-corrected chi connectivity index (χ4v) is 3.92. The van der Waals surface area contributed by atoms with Gasteiger partial charge in [0.1, 0.15) is 11.6 Å². The van der Waals surface area contributed by atoms with Gasteiger partial charge in [0, 0.05) is 30.5 Å². The fraction of sp³-hybridized carbons (Fsp3) is 0.150. The number of benzene rings is 2. The maximum atomic E-state index is 14.2. The molecule has 134 valence electrons. The van der Waals surface area contributed by atoms with Crippen LogP contribution in [0.15, 0.2) is 59.7 Å². The number of nitrogens with zero attached hydrogens (tertiary/aromatic N) is 3. The number of aromatic nitrogens is 4. The summed E-state index contributed by atoms with van der Waals surface area (Å²) in [6.45, 7) is 0. The van der Waals surface area contributed by atoms with Crippen molar-refractivity contribution in [1.29, 1.82) is 0 Å². The predicted octanol–water partition coefficient (Wildman–Crippen LogP) is 3.09. The SMILES string of the molecule is Cn1ccnc1[C@H]1c2n[nH]c(=O)c3cc(F)cc(c23)N[C@@H]1c1ccccc1. The molecule has 0 saturated heterocycles. The monoisotopic (exact) mass is 361 g/mol. The van der Waals surface area contributed by atoms with E-state index in [1.165, 1.54) is 12.1 Å². The first kappa shape index (κ1) is 15.7. The van der Waals surface area contributed by atoms with E-state index in [0.29, 0.717) is 16.8 Å². The normalized spacial score (nSPS) is 18.4. The summed E-state index contributed by atoms with van der Waals surface area (Å²) in [6, 6.07) is 12.4. The van der Waals surface area contributed by atoms with Gasteiger partial charge in [0.2, 0.25) is 0 Å². The molecule has 27 heavy (non-hydrogen) atoms. The van der Waals surface area contributed by atoms with Gasteiger partial charge in [0.15, 0.2) is 0 Å². The summed E-state index contributed by atoms with van der Waals surface area (Å²) in [4.78, 5) is 16.8. The van der Waals surface area contributed by atoms with Crippen LogP contribution in [0.5, 0.6) is 0 Å². The molecule has 0 spiro atoms. The molecule has 5 rings (SSSR count). The molecule has 0 saturated carbocycles. The second-order valence-corrected chi connectivity index (χ2v) is 6.72. The Bertz CT molecular complexity index is 1210. The molecule has 2 N–H and O–H groups in total. The smallest absolute Gasteiger partial charge is 0.272 e. The molecule has 2 aromatic heterocycles. The van der Waals surface area contributed by atoms with E-state index in [-0.39, 0.29) is 17.3 Å². The van der Waals surface area contributed by atoms with Gasteiger partial charge in [-0.3, -0.25) is 4.79 Å². The first-order valence-electron chi connectivity index (χ1n) is 8.64. The summed E-state index contributed by atoms with van der Waals surface area (Å²) in [6.07, 6.45) is 3.61. The van der Waals surface area contributed by atoms with E-state index in [1.54, 1.807) is 6.20 Å². The summed E-state index contributed by atoms with van der Waals surface area (Å²) in [5, 5.41) is 11.2. The molecule has 1 aliphatic rings. The average Bonchev–Trinajstić information content (AvgIpc) is 3.10. The van der Waals surface area contributed by atoms with Gasteiger partial charge in [-0.25, -0.2) is 14.5 Å². The van der Waals surface area contributed by atoms with E-state index in [4.69, 9.17) is 0 Å². The van der Waals surface area contributed by atoms with Crippen molar-refractivity contribution in [3.63, 3.8) is 0 Å².